The Labute approximate surface area is 203 Å². The second kappa shape index (κ2) is 11.0. The van der Waals surface area contributed by atoms with Gasteiger partial charge in [-0.3, -0.25) is 4.57 Å². The largest absolute Gasteiger partial charge is 0.387 e. The topological polar surface area (TPSA) is 164 Å². The van der Waals surface area contributed by atoms with Crippen molar-refractivity contribution in [2.45, 2.75) is 44.3 Å². The minimum absolute atomic E-state index is 0.231. The maximum Gasteiger partial charge on any atom is 0.319 e. The number of ether oxygens (including phenoxy) is 1. The number of nitrogens with two attached hydrogens (primary N) is 1. The van der Waals surface area contributed by atoms with Gasteiger partial charge in [-0.1, -0.05) is 19.1 Å². The van der Waals surface area contributed by atoms with Gasteiger partial charge in [0.25, 0.3) is 0 Å². The Morgan fingerprint density at radius 2 is 2.09 bits per heavy atom. The second-order valence-corrected chi connectivity index (χ2v) is 8.68. The second-order valence-electron chi connectivity index (χ2n) is 8.68. The van der Waals surface area contributed by atoms with Gasteiger partial charge in [-0.25, -0.2) is 19.7 Å². The number of carbonyl (C=O) groups excluding carboxylic acids is 1. The molecular weight excluding hydrogens is 452 g/mol. The van der Waals surface area contributed by atoms with Gasteiger partial charge in [0.05, 0.1) is 6.33 Å². The van der Waals surface area contributed by atoms with E-state index in [1.807, 2.05) is 36.2 Å². The number of fused-ring (bicyclic) bond motifs is 1. The van der Waals surface area contributed by atoms with E-state index in [2.05, 4.69) is 32.5 Å². The average molecular weight is 485 g/mol. The van der Waals surface area contributed by atoms with Crippen molar-refractivity contribution in [3.8, 4) is 0 Å². The Kier molecular flexibility index (Phi) is 7.76. The number of rotatable bonds is 9. The summed E-state index contributed by atoms with van der Waals surface area (Å²) in [6, 6.07) is 7.50. The summed E-state index contributed by atoms with van der Waals surface area (Å²) in [7, 11) is 1.90. The van der Waals surface area contributed by atoms with E-state index in [1.54, 1.807) is 4.57 Å². The van der Waals surface area contributed by atoms with Crippen molar-refractivity contribution in [2.24, 2.45) is 0 Å². The molecule has 2 amide bonds. The van der Waals surface area contributed by atoms with Gasteiger partial charge in [0, 0.05) is 18.8 Å². The highest BCUT2D eigenvalue weighted by Crippen LogP contribution is 2.32. The van der Waals surface area contributed by atoms with Gasteiger partial charge in [0.1, 0.15) is 30.2 Å². The van der Waals surface area contributed by atoms with E-state index in [4.69, 9.17) is 10.5 Å². The average Bonchev–Trinajstić information content (AvgIpc) is 3.39. The number of nitrogens with one attached hydrogen (secondary N) is 2. The van der Waals surface area contributed by atoms with Gasteiger partial charge in [0.2, 0.25) is 0 Å². The Hall–Kier alpha value is -3.32. The number of nitrogen functional groups attached to an aromatic ring is 1. The Morgan fingerprint density at radius 3 is 2.89 bits per heavy atom. The van der Waals surface area contributed by atoms with Crippen molar-refractivity contribution >= 4 is 28.7 Å². The van der Waals surface area contributed by atoms with Crippen molar-refractivity contribution in [2.75, 3.05) is 37.7 Å². The lowest BCUT2D eigenvalue weighted by Gasteiger charge is -2.22. The predicted molar refractivity (Wildman–Crippen MR) is 131 cm³/mol. The number of amides is 2. The van der Waals surface area contributed by atoms with Gasteiger partial charge < -0.3 is 36.2 Å². The maximum atomic E-state index is 12.1. The molecule has 12 nitrogen and oxygen atoms in total. The molecule has 188 valence electrons. The van der Waals surface area contributed by atoms with E-state index in [9.17, 15) is 15.0 Å². The standard InChI is InChI=1S/C23H32N8O4/c1-3-14-6-4-7-15(10-14)29-23(34)25-8-5-9-30(2)11-16-18(32)19(33)22(35-16)31-13-28-17-20(24)26-12-27-21(17)31/h4,6-7,10,12-13,16,18-19,22,32-33H,3,5,8-9,11H2,1-2H3,(H2,24,26,27)(H2,25,29,34)/t16-,18-,19-,22-/m1/s1. The smallest absolute Gasteiger partial charge is 0.319 e. The molecule has 0 aliphatic carbocycles. The number of aliphatic hydroxyl groups is 2. The molecule has 3 heterocycles. The summed E-state index contributed by atoms with van der Waals surface area (Å²) < 4.78 is 7.53. The highest BCUT2D eigenvalue weighted by atomic mass is 16.6. The molecule has 35 heavy (non-hydrogen) atoms. The van der Waals surface area contributed by atoms with Gasteiger partial charge in [0.15, 0.2) is 17.7 Å². The van der Waals surface area contributed by atoms with Crippen LogP contribution in [0.5, 0.6) is 0 Å². The number of aromatic nitrogens is 4. The lowest BCUT2D eigenvalue weighted by atomic mass is 10.1. The van der Waals surface area contributed by atoms with Crippen molar-refractivity contribution in [3.63, 3.8) is 0 Å². The lowest BCUT2D eigenvalue weighted by molar-refractivity contribution is -0.0421. The summed E-state index contributed by atoms with van der Waals surface area (Å²) >= 11 is 0. The fourth-order valence-corrected chi connectivity index (χ4v) is 4.16. The fourth-order valence-electron chi connectivity index (χ4n) is 4.16. The van der Waals surface area contributed by atoms with Crippen LogP contribution in [0, 0.1) is 0 Å². The van der Waals surface area contributed by atoms with E-state index in [0.29, 0.717) is 37.2 Å². The predicted octanol–water partition coefficient (Wildman–Crippen LogP) is 0.734. The molecule has 1 saturated heterocycles. The number of anilines is 2. The Balaban J connectivity index is 1.23. The Bertz CT molecular complexity index is 1160. The molecule has 4 atom stereocenters. The van der Waals surface area contributed by atoms with Crippen LogP contribution in [0.4, 0.5) is 16.3 Å². The molecule has 2 aromatic heterocycles. The molecule has 0 saturated carbocycles. The van der Waals surface area contributed by atoms with Gasteiger partial charge in [-0.15, -0.1) is 0 Å². The minimum atomic E-state index is -1.15. The van der Waals surface area contributed by atoms with Gasteiger partial charge in [-0.2, -0.15) is 0 Å². The summed E-state index contributed by atoms with van der Waals surface area (Å²) in [6.45, 7) is 3.62. The summed E-state index contributed by atoms with van der Waals surface area (Å²) in [5, 5.41) is 26.9. The van der Waals surface area contributed by atoms with E-state index in [-0.39, 0.29) is 11.8 Å². The first-order valence-electron chi connectivity index (χ1n) is 11.6. The van der Waals surface area contributed by atoms with Crippen molar-refractivity contribution < 1.29 is 19.7 Å². The van der Waals surface area contributed by atoms with Crippen LogP contribution < -0.4 is 16.4 Å². The number of benzene rings is 1. The number of hydrogen-bond acceptors (Lipinski definition) is 9. The molecule has 1 aromatic carbocycles. The van der Waals surface area contributed by atoms with Crippen LogP contribution in [0.25, 0.3) is 11.2 Å². The number of aliphatic hydroxyl groups excluding tert-OH is 2. The number of carbonyl (C=O) groups is 1. The van der Waals surface area contributed by atoms with Crippen molar-refractivity contribution in [1.29, 1.82) is 0 Å². The third kappa shape index (κ3) is 5.68. The summed E-state index contributed by atoms with van der Waals surface area (Å²) in [5.41, 5.74) is 8.59. The normalized spacial score (nSPS) is 22.1. The molecule has 0 unspecified atom stereocenters. The summed E-state index contributed by atoms with van der Waals surface area (Å²) in [5.74, 6) is 0.231. The zero-order valence-electron chi connectivity index (χ0n) is 19.8. The first-order chi connectivity index (χ1) is 16.9. The van der Waals surface area contributed by atoms with E-state index < -0.39 is 24.5 Å². The monoisotopic (exact) mass is 484 g/mol. The number of hydrogen-bond donors (Lipinski definition) is 5. The molecule has 12 heteroatoms. The molecule has 1 aliphatic rings. The molecule has 0 spiro atoms. The molecule has 4 rings (SSSR count). The third-order valence-electron chi connectivity index (χ3n) is 6.09. The molecular formula is C23H32N8O4. The van der Waals surface area contributed by atoms with Crippen LogP contribution in [0.2, 0.25) is 0 Å². The molecule has 6 N–H and O–H groups in total. The first kappa shape index (κ1) is 24.8. The molecule has 0 radical (unpaired) electrons. The zero-order valence-corrected chi connectivity index (χ0v) is 19.8. The van der Waals surface area contributed by atoms with E-state index in [1.165, 1.54) is 12.7 Å². The first-order valence-corrected chi connectivity index (χ1v) is 11.6. The molecule has 3 aromatic rings. The Morgan fingerprint density at radius 1 is 1.26 bits per heavy atom. The van der Waals surface area contributed by atoms with Gasteiger partial charge >= 0.3 is 6.03 Å². The molecule has 0 bridgehead atoms. The summed E-state index contributed by atoms with van der Waals surface area (Å²) in [4.78, 5) is 26.4. The zero-order chi connectivity index (χ0) is 24.9. The minimum Gasteiger partial charge on any atom is -0.387 e. The van der Waals surface area contributed by atoms with Gasteiger partial charge in [-0.05, 0) is 44.1 Å². The van der Waals surface area contributed by atoms with Crippen LogP contribution in [-0.4, -0.2) is 85.7 Å². The van der Waals surface area contributed by atoms with E-state index in [0.717, 1.165) is 17.7 Å². The fraction of sp³-hybridized carbons (Fsp3) is 0.478. The van der Waals surface area contributed by atoms with E-state index >= 15 is 0 Å². The van der Waals surface area contributed by atoms with Crippen molar-refractivity contribution in [3.05, 3.63) is 42.5 Å². The number of likely N-dealkylation sites (N-methyl/N-ethyl adjacent to an activating group) is 1. The maximum absolute atomic E-state index is 12.1. The quantitative estimate of drug-likeness (QED) is 0.275. The molecule has 1 aliphatic heterocycles. The van der Waals surface area contributed by atoms with Crippen LogP contribution in [0.15, 0.2) is 36.9 Å². The number of aryl methyl sites for hydroxylation is 1. The SMILES string of the molecule is CCc1cccc(NC(=O)NCCCN(C)C[C@H]2O[C@@H](n3cnc4c(N)ncnc43)[C@H](O)[C@@H]2O)c1. The van der Waals surface area contributed by atoms with Crippen LogP contribution in [0.3, 0.4) is 0 Å². The third-order valence-corrected chi connectivity index (χ3v) is 6.09. The van der Waals surface area contributed by atoms with Crippen LogP contribution >= 0.6 is 0 Å². The lowest BCUT2D eigenvalue weighted by Crippen LogP contribution is -2.39. The highest BCUT2D eigenvalue weighted by Gasteiger charge is 2.44. The number of imidazole rings is 1. The van der Waals surface area contributed by atoms with Crippen LogP contribution in [-0.2, 0) is 11.2 Å². The summed E-state index contributed by atoms with van der Waals surface area (Å²) in [6.07, 6.45) is 0.699. The molecule has 1 fully saturated rings. The number of urea groups is 1. The van der Waals surface area contributed by atoms with Crippen LogP contribution in [0.1, 0.15) is 25.1 Å². The van der Waals surface area contributed by atoms with Crippen molar-refractivity contribution in [1.82, 2.24) is 29.7 Å². The highest BCUT2D eigenvalue weighted by molar-refractivity contribution is 5.89. The number of nitrogens with zero attached hydrogens (tertiary/aromatic N) is 5.